The first kappa shape index (κ1) is 10.5. The van der Waals surface area contributed by atoms with Gasteiger partial charge in [0.1, 0.15) is 0 Å². The molecule has 1 atom stereocenters. The summed E-state index contributed by atoms with van der Waals surface area (Å²) in [5.74, 6) is 0.789. The molecule has 1 heterocycles. The molecule has 3 nitrogen and oxygen atoms in total. The highest BCUT2D eigenvalue weighted by atomic mass is 15.1. The minimum absolute atomic E-state index is 0.628. The van der Waals surface area contributed by atoms with Crippen LogP contribution in [0.2, 0.25) is 0 Å². The van der Waals surface area contributed by atoms with Crippen LogP contribution in [-0.4, -0.2) is 38.1 Å². The lowest BCUT2D eigenvalue weighted by Crippen LogP contribution is -2.37. The lowest BCUT2D eigenvalue weighted by Gasteiger charge is -2.29. The predicted molar refractivity (Wildman–Crippen MR) is 53.3 cm³/mol. The van der Waals surface area contributed by atoms with Crippen LogP contribution in [0.25, 0.3) is 0 Å². The van der Waals surface area contributed by atoms with Crippen LogP contribution in [0.1, 0.15) is 19.3 Å². The number of nitriles is 1. The largest absolute Gasteiger partial charge is 0.315 e. The van der Waals surface area contributed by atoms with Crippen LogP contribution in [0.3, 0.4) is 0 Å². The van der Waals surface area contributed by atoms with Crippen molar-refractivity contribution < 1.29 is 0 Å². The second-order valence-electron chi connectivity index (χ2n) is 3.88. The van der Waals surface area contributed by atoms with Gasteiger partial charge in [-0.3, -0.25) is 0 Å². The van der Waals surface area contributed by atoms with Gasteiger partial charge in [0.05, 0.1) is 6.07 Å². The highest BCUT2D eigenvalue weighted by Gasteiger charge is 2.15. The number of hydrogen-bond acceptors (Lipinski definition) is 3. The van der Waals surface area contributed by atoms with Crippen molar-refractivity contribution in [2.45, 2.75) is 19.3 Å². The van der Waals surface area contributed by atoms with E-state index in [9.17, 15) is 0 Å². The molecular formula is C10H19N3. The van der Waals surface area contributed by atoms with Gasteiger partial charge < -0.3 is 10.2 Å². The molecule has 0 spiro atoms. The number of nitrogens with zero attached hydrogens (tertiary/aromatic N) is 2. The fourth-order valence-electron chi connectivity index (χ4n) is 1.89. The number of hydrogen-bond donors (Lipinski definition) is 1. The van der Waals surface area contributed by atoms with E-state index in [1.165, 1.54) is 25.9 Å². The van der Waals surface area contributed by atoms with Gasteiger partial charge in [-0.2, -0.15) is 5.26 Å². The Morgan fingerprint density at radius 2 is 2.46 bits per heavy atom. The smallest absolute Gasteiger partial charge is 0.0635 e. The molecule has 13 heavy (non-hydrogen) atoms. The lowest BCUT2D eigenvalue weighted by atomic mass is 9.98. The molecule has 1 aliphatic heterocycles. The Balaban J connectivity index is 2.04. The molecule has 0 aromatic heterocycles. The summed E-state index contributed by atoms with van der Waals surface area (Å²) < 4.78 is 0. The van der Waals surface area contributed by atoms with Crippen LogP contribution in [0.5, 0.6) is 0 Å². The Morgan fingerprint density at radius 3 is 3.15 bits per heavy atom. The van der Waals surface area contributed by atoms with Crippen molar-refractivity contribution in [1.82, 2.24) is 10.2 Å². The fraction of sp³-hybridized carbons (Fsp3) is 0.900. The van der Waals surface area contributed by atoms with E-state index in [2.05, 4.69) is 23.3 Å². The van der Waals surface area contributed by atoms with Gasteiger partial charge in [0.2, 0.25) is 0 Å². The van der Waals surface area contributed by atoms with Crippen molar-refractivity contribution in [2.24, 2.45) is 5.92 Å². The number of nitrogens with one attached hydrogen (secondary N) is 1. The van der Waals surface area contributed by atoms with E-state index in [1.807, 2.05) is 0 Å². The lowest BCUT2D eigenvalue weighted by molar-refractivity contribution is 0.207. The van der Waals surface area contributed by atoms with Crippen molar-refractivity contribution >= 4 is 0 Å². The molecule has 0 aromatic carbocycles. The third-order valence-corrected chi connectivity index (χ3v) is 2.57. The first-order valence-corrected chi connectivity index (χ1v) is 5.09. The molecule has 74 valence electrons. The molecule has 0 aliphatic carbocycles. The molecule has 1 fully saturated rings. The Labute approximate surface area is 80.7 Å². The molecule has 1 saturated heterocycles. The van der Waals surface area contributed by atoms with Gasteiger partial charge in [-0.05, 0) is 38.9 Å². The second-order valence-corrected chi connectivity index (χ2v) is 3.88. The zero-order valence-electron chi connectivity index (χ0n) is 8.42. The Hall–Kier alpha value is -0.590. The molecule has 0 aromatic rings. The Kier molecular flexibility index (Phi) is 4.81. The molecule has 1 N–H and O–H groups in total. The number of piperidine rings is 1. The summed E-state index contributed by atoms with van der Waals surface area (Å²) in [5.41, 5.74) is 0. The number of rotatable bonds is 4. The molecule has 0 radical (unpaired) electrons. The summed E-state index contributed by atoms with van der Waals surface area (Å²) in [6.07, 6.45) is 3.29. The Morgan fingerprint density at radius 1 is 1.62 bits per heavy atom. The van der Waals surface area contributed by atoms with Gasteiger partial charge in [0.25, 0.3) is 0 Å². The first-order chi connectivity index (χ1) is 6.33. The van der Waals surface area contributed by atoms with E-state index in [1.54, 1.807) is 0 Å². The first-order valence-electron chi connectivity index (χ1n) is 5.09. The van der Waals surface area contributed by atoms with Crippen LogP contribution in [0, 0.1) is 17.2 Å². The summed E-state index contributed by atoms with van der Waals surface area (Å²) in [5, 5.41) is 11.7. The van der Waals surface area contributed by atoms with Crippen LogP contribution in [0.15, 0.2) is 0 Å². The van der Waals surface area contributed by atoms with Gasteiger partial charge >= 0.3 is 0 Å². The van der Waals surface area contributed by atoms with Gasteiger partial charge in [-0.25, -0.2) is 0 Å². The zero-order valence-corrected chi connectivity index (χ0v) is 8.42. The average Bonchev–Trinajstić information content (AvgIpc) is 2.13. The number of likely N-dealkylation sites (tertiary alicyclic amines) is 1. The van der Waals surface area contributed by atoms with Crippen LogP contribution in [0.4, 0.5) is 0 Å². The third kappa shape index (κ3) is 4.25. The molecule has 0 saturated carbocycles. The standard InChI is InChI=1S/C10H19N3/c1-13-7-2-4-10(9-13)8-12-6-3-5-11/h10,12H,2-4,6-9H2,1H3. The van der Waals surface area contributed by atoms with Crippen molar-refractivity contribution in [3.63, 3.8) is 0 Å². The molecule has 1 rings (SSSR count). The van der Waals surface area contributed by atoms with Crippen LogP contribution < -0.4 is 5.32 Å². The van der Waals surface area contributed by atoms with E-state index < -0.39 is 0 Å². The quantitative estimate of drug-likeness (QED) is 0.653. The van der Waals surface area contributed by atoms with E-state index >= 15 is 0 Å². The van der Waals surface area contributed by atoms with Crippen molar-refractivity contribution in [2.75, 3.05) is 33.2 Å². The van der Waals surface area contributed by atoms with Crippen LogP contribution >= 0.6 is 0 Å². The van der Waals surface area contributed by atoms with Crippen molar-refractivity contribution in [3.8, 4) is 6.07 Å². The van der Waals surface area contributed by atoms with Crippen molar-refractivity contribution in [3.05, 3.63) is 0 Å². The van der Waals surface area contributed by atoms with Crippen LogP contribution in [-0.2, 0) is 0 Å². The Bertz CT molecular complexity index is 173. The maximum Gasteiger partial charge on any atom is 0.0635 e. The second kappa shape index (κ2) is 5.95. The van der Waals surface area contributed by atoms with Gasteiger partial charge in [-0.1, -0.05) is 0 Å². The summed E-state index contributed by atoms with van der Waals surface area (Å²) >= 11 is 0. The molecular weight excluding hydrogens is 162 g/mol. The maximum absolute atomic E-state index is 8.35. The monoisotopic (exact) mass is 181 g/mol. The highest BCUT2D eigenvalue weighted by molar-refractivity contribution is 4.74. The van der Waals surface area contributed by atoms with Gasteiger partial charge in [-0.15, -0.1) is 0 Å². The van der Waals surface area contributed by atoms with Gasteiger partial charge in [0.15, 0.2) is 0 Å². The average molecular weight is 181 g/mol. The van der Waals surface area contributed by atoms with E-state index in [-0.39, 0.29) is 0 Å². The molecule has 0 amide bonds. The minimum Gasteiger partial charge on any atom is -0.315 e. The third-order valence-electron chi connectivity index (χ3n) is 2.57. The minimum atomic E-state index is 0.628. The predicted octanol–water partition coefficient (Wildman–Crippen LogP) is 0.831. The molecule has 3 heteroatoms. The molecule has 1 unspecified atom stereocenters. The van der Waals surface area contributed by atoms with E-state index in [0.717, 1.165) is 19.0 Å². The normalized spacial score (nSPS) is 24.2. The highest BCUT2D eigenvalue weighted by Crippen LogP contribution is 2.13. The summed E-state index contributed by atoms with van der Waals surface area (Å²) in [6, 6.07) is 2.14. The summed E-state index contributed by atoms with van der Waals surface area (Å²) in [4.78, 5) is 2.39. The molecule has 0 bridgehead atoms. The maximum atomic E-state index is 8.35. The summed E-state index contributed by atoms with van der Waals surface area (Å²) in [6.45, 7) is 4.37. The topological polar surface area (TPSA) is 39.1 Å². The van der Waals surface area contributed by atoms with E-state index in [4.69, 9.17) is 5.26 Å². The fourth-order valence-corrected chi connectivity index (χ4v) is 1.89. The zero-order chi connectivity index (χ0) is 9.52. The van der Waals surface area contributed by atoms with Crippen molar-refractivity contribution in [1.29, 1.82) is 5.26 Å². The molecule has 1 aliphatic rings. The van der Waals surface area contributed by atoms with Gasteiger partial charge in [0, 0.05) is 19.5 Å². The summed E-state index contributed by atoms with van der Waals surface area (Å²) in [7, 11) is 2.18. The van der Waals surface area contributed by atoms with E-state index in [0.29, 0.717) is 6.42 Å². The SMILES string of the molecule is CN1CCCC(CNCCC#N)C1.